The third-order valence-corrected chi connectivity index (χ3v) is 13.9. The number of amides is 3. The van der Waals surface area contributed by atoms with Gasteiger partial charge in [-0.2, -0.15) is 0 Å². The number of anilines is 4. The van der Waals surface area contributed by atoms with Gasteiger partial charge in [0.15, 0.2) is 0 Å². The first-order valence-corrected chi connectivity index (χ1v) is 26.6. The van der Waals surface area contributed by atoms with Gasteiger partial charge in [-0.1, -0.05) is 159 Å². The number of nitrogen functional groups attached to an aromatic ring is 1. The Kier molecular flexibility index (Phi) is 19.8. The molecule has 2 unspecified atom stereocenters. The molecule has 12 heteroatoms. The summed E-state index contributed by atoms with van der Waals surface area (Å²) in [6.07, 6.45) is 6.34. The minimum absolute atomic E-state index is 0. The van der Waals surface area contributed by atoms with Gasteiger partial charge in [-0.05, 0) is 101 Å². The number of fused-ring (bicyclic) bond motifs is 3. The molecule has 0 fully saturated rings. The second kappa shape index (κ2) is 27.2. The monoisotopic (exact) mass is 1020 g/mol. The third-order valence-electron chi connectivity index (χ3n) is 12.1. The van der Waals surface area contributed by atoms with Crippen molar-refractivity contribution in [3.63, 3.8) is 0 Å². The van der Waals surface area contributed by atoms with E-state index in [2.05, 4.69) is 58.4 Å². The minimum atomic E-state index is -0.183. The van der Waals surface area contributed by atoms with Gasteiger partial charge in [0.2, 0.25) is 17.7 Å². The van der Waals surface area contributed by atoms with Crippen LogP contribution < -0.4 is 35.9 Å². The Labute approximate surface area is 443 Å². The van der Waals surface area contributed by atoms with E-state index in [-0.39, 0.29) is 35.6 Å². The highest BCUT2D eigenvalue weighted by molar-refractivity contribution is 7.99. The molecule has 0 bridgehead atoms. The number of rotatable bonds is 14. The Bertz CT molecular complexity index is 3090. The Morgan fingerprint density at radius 1 is 0.473 bits per heavy atom. The van der Waals surface area contributed by atoms with Gasteiger partial charge in [-0.3, -0.25) is 14.4 Å². The van der Waals surface area contributed by atoms with Crippen molar-refractivity contribution in [2.45, 2.75) is 57.0 Å². The summed E-state index contributed by atoms with van der Waals surface area (Å²) in [7, 11) is 0. The van der Waals surface area contributed by atoms with E-state index in [1.165, 1.54) is 22.9 Å². The highest BCUT2D eigenvalue weighted by Crippen LogP contribution is 2.44. The van der Waals surface area contributed by atoms with E-state index in [4.69, 9.17) is 19.9 Å². The molecule has 2 atom stereocenters. The van der Waals surface area contributed by atoms with Crippen LogP contribution in [0, 0.1) is 0 Å². The molecule has 3 aliphatic rings. The lowest BCUT2D eigenvalue weighted by Gasteiger charge is -2.13. The van der Waals surface area contributed by atoms with Gasteiger partial charge >= 0.3 is 0 Å². The smallest absolute Gasteiger partial charge is 0.242 e. The SMILES string of the molecule is C.CSC1C(=O)Nc2cc(CCc3ccccc3)ccc21.CSC1C(=O)Nc2cccc(OCc3ccccc3)c21.Nc1cccc(OCc2ccccc2)c1.O=C1Cc2c(cccc2OCc2ccccc2)N1. The van der Waals surface area contributed by atoms with Crippen LogP contribution in [0.25, 0.3) is 0 Å². The number of aryl methyl sites for hydroxylation is 2. The average Bonchev–Trinajstić information content (AvgIpc) is 4.10. The van der Waals surface area contributed by atoms with Gasteiger partial charge < -0.3 is 35.9 Å². The van der Waals surface area contributed by atoms with Crippen molar-refractivity contribution < 1.29 is 28.6 Å². The minimum Gasteiger partial charge on any atom is -0.489 e. The van der Waals surface area contributed by atoms with Crippen LogP contribution in [0.3, 0.4) is 0 Å². The highest BCUT2D eigenvalue weighted by Gasteiger charge is 2.33. The molecule has 378 valence electrons. The maximum absolute atomic E-state index is 11.9. The van der Waals surface area contributed by atoms with E-state index in [0.29, 0.717) is 26.2 Å². The summed E-state index contributed by atoms with van der Waals surface area (Å²) in [6.45, 7) is 1.60. The van der Waals surface area contributed by atoms with Crippen molar-refractivity contribution in [3.05, 3.63) is 245 Å². The molecule has 3 aliphatic heterocycles. The van der Waals surface area contributed by atoms with E-state index in [9.17, 15) is 14.4 Å². The summed E-state index contributed by atoms with van der Waals surface area (Å²) >= 11 is 3.11. The molecule has 0 aromatic heterocycles. The summed E-state index contributed by atoms with van der Waals surface area (Å²) < 4.78 is 17.3. The predicted molar refractivity (Wildman–Crippen MR) is 305 cm³/mol. The largest absolute Gasteiger partial charge is 0.489 e. The summed E-state index contributed by atoms with van der Waals surface area (Å²) in [4.78, 5) is 35.1. The lowest BCUT2D eigenvalue weighted by Crippen LogP contribution is -2.08. The van der Waals surface area contributed by atoms with Crippen LogP contribution in [0.1, 0.15) is 62.4 Å². The fraction of sp³-hybridized carbons (Fsp3) is 0.177. The number of nitrogens with one attached hydrogen (secondary N) is 3. The van der Waals surface area contributed by atoms with Gasteiger partial charge in [0.05, 0.1) is 6.42 Å². The van der Waals surface area contributed by atoms with Crippen LogP contribution in [-0.4, -0.2) is 30.2 Å². The van der Waals surface area contributed by atoms with Gasteiger partial charge in [-0.15, -0.1) is 23.5 Å². The van der Waals surface area contributed by atoms with E-state index >= 15 is 0 Å². The van der Waals surface area contributed by atoms with Crippen LogP contribution in [0.2, 0.25) is 0 Å². The zero-order chi connectivity index (χ0) is 50.8. The molecule has 0 saturated heterocycles. The summed E-state index contributed by atoms with van der Waals surface area (Å²) in [5.74, 6) is 2.54. The van der Waals surface area contributed by atoms with E-state index < -0.39 is 0 Å². The van der Waals surface area contributed by atoms with Crippen molar-refractivity contribution in [1.29, 1.82) is 0 Å². The lowest BCUT2D eigenvalue weighted by molar-refractivity contribution is -0.116. The third kappa shape index (κ3) is 14.8. The van der Waals surface area contributed by atoms with E-state index in [1.807, 2.05) is 170 Å². The number of carbonyl (C=O) groups is 3. The van der Waals surface area contributed by atoms with Crippen LogP contribution in [0.15, 0.2) is 200 Å². The molecule has 8 aromatic carbocycles. The van der Waals surface area contributed by atoms with Crippen LogP contribution in [0.5, 0.6) is 17.2 Å². The van der Waals surface area contributed by atoms with Crippen LogP contribution in [0.4, 0.5) is 22.7 Å². The van der Waals surface area contributed by atoms with Crippen molar-refractivity contribution >= 4 is 64.0 Å². The number of nitrogens with two attached hydrogens (primary N) is 1. The Morgan fingerprint density at radius 2 is 0.973 bits per heavy atom. The first kappa shape index (κ1) is 53.9. The first-order valence-electron chi connectivity index (χ1n) is 24.0. The second-order valence-corrected chi connectivity index (χ2v) is 19.1. The van der Waals surface area contributed by atoms with Crippen LogP contribution >= 0.6 is 23.5 Å². The Balaban J connectivity index is 0.000000144. The molecule has 74 heavy (non-hydrogen) atoms. The van der Waals surface area contributed by atoms with Crippen LogP contribution in [-0.2, 0) is 53.5 Å². The quantitative estimate of drug-likeness (QED) is 0.0784. The topological polar surface area (TPSA) is 141 Å². The fourth-order valence-electron chi connectivity index (χ4n) is 8.38. The molecular weight excluding hydrogens is 961 g/mol. The second-order valence-electron chi connectivity index (χ2n) is 17.2. The normalized spacial score (nSPS) is 14.2. The van der Waals surface area contributed by atoms with E-state index in [0.717, 1.165) is 86.2 Å². The molecule has 3 amide bonds. The van der Waals surface area contributed by atoms with Gasteiger partial charge in [0, 0.05) is 39.9 Å². The molecule has 11 rings (SSSR count). The predicted octanol–water partition coefficient (Wildman–Crippen LogP) is 13.7. The Hall–Kier alpha value is -7.93. The molecule has 3 heterocycles. The standard InChI is InChI=1S/C17H17NOS.C16H15NO2S.C15H13NO2.C13H13NO.CH4/c1-20-16-14-10-9-13(11-15(14)18-17(16)19)8-7-12-5-3-2-4-6-12;1-20-15-14-12(17-16(15)18)8-5-9-13(14)19-10-11-6-3-2-4-7-11;17-15-9-12-13(16-15)7-4-8-14(12)18-10-11-5-2-1-3-6-11;14-12-7-4-8-13(9-12)15-10-11-5-2-1-3-6-11;/h2-6,9-11,16H,7-8H2,1H3,(H,18,19);2-9,15H,10H2,1H3,(H,17,18);1-8H,9-10H2,(H,16,17);1-9H,10,14H2;1H4. The van der Waals surface area contributed by atoms with Gasteiger partial charge in [-0.25, -0.2) is 0 Å². The molecule has 0 saturated carbocycles. The summed E-state index contributed by atoms with van der Waals surface area (Å²) in [5, 5.41) is 8.46. The maximum atomic E-state index is 11.9. The zero-order valence-corrected chi connectivity index (χ0v) is 42.4. The molecular formula is C62H62N4O6S2. The molecule has 0 radical (unpaired) electrons. The summed E-state index contributed by atoms with van der Waals surface area (Å²) in [6, 6.07) is 65.8. The van der Waals surface area contributed by atoms with Crippen molar-refractivity contribution in [3.8, 4) is 17.2 Å². The Morgan fingerprint density at radius 3 is 1.57 bits per heavy atom. The maximum Gasteiger partial charge on any atom is 0.242 e. The lowest BCUT2D eigenvalue weighted by atomic mass is 10.0. The van der Waals surface area contributed by atoms with Crippen molar-refractivity contribution in [1.82, 2.24) is 0 Å². The molecule has 5 N–H and O–H groups in total. The number of hydrogen-bond acceptors (Lipinski definition) is 9. The van der Waals surface area contributed by atoms with Crippen molar-refractivity contribution in [2.75, 3.05) is 34.2 Å². The number of ether oxygens (including phenoxy) is 3. The number of hydrogen-bond donors (Lipinski definition) is 4. The zero-order valence-electron chi connectivity index (χ0n) is 40.8. The van der Waals surface area contributed by atoms with E-state index in [1.54, 1.807) is 11.8 Å². The van der Waals surface area contributed by atoms with Crippen molar-refractivity contribution in [2.24, 2.45) is 0 Å². The fourth-order valence-corrected chi connectivity index (χ4v) is 9.86. The summed E-state index contributed by atoms with van der Waals surface area (Å²) in [5.41, 5.74) is 18.1. The molecule has 10 nitrogen and oxygen atoms in total. The molecule has 0 aliphatic carbocycles. The average molecular weight is 1020 g/mol. The molecule has 8 aromatic rings. The number of benzene rings is 8. The molecule has 0 spiro atoms. The van der Waals surface area contributed by atoms with Gasteiger partial charge in [0.25, 0.3) is 0 Å². The number of thioether (sulfide) groups is 2. The first-order chi connectivity index (χ1) is 35.7. The number of carbonyl (C=O) groups excluding carboxylic acids is 3. The highest BCUT2D eigenvalue weighted by atomic mass is 32.2. The van der Waals surface area contributed by atoms with Gasteiger partial charge in [0.1, 0.15) is 47.6 Å².